The van der Waals surface area contributed by atoms with Gasteiger partial charge >= 0.3 is 0 Å². The van der Waals surface area contributed by atoms with Crippen LogP contribution in [0.3, 0.4) is 0 Å². The fraction of sp³-hybridized carbons (Fsp3) is 0.259. The molecule has 0 N–H and O–H groups in total. The normalized spacial score (nSPS) is 16.8. The summed E-state index contributed by atoms with van der Waals surface area (Å²) < 4.78 is 0. The van der Waals surface area contributed by atoms with Crippen LogP contribution < -0.4 is 15.3 Å². The van der Waals surface area contributed by atoms with Gasteiger partial charge in [-0.3, -0.25) is 0 Å². The van der Waals surface area contributed by atoms with Gasteiger partial charge in [-0.05, 0) is 166 Å². The fourth-order valence-corrected chi connectivity index (χ4v) is 8.43. The van der Waals surface area contributed by atoms with E-state index in [-0.39, 0.29) is 10.8 Å². The number of benzene rings is 4. The van der Waals surface area contributed by atoms with Gasteiger partial charge in [-0.15, -0.1) is 0 Å². The van der Waals surface area contributed by atoms with Crippen LogP contribution in [0.25, 0.3) is 23.3 Å². The molecule has 0 unspecified atom stereocenters. The smallest absolute Gasteiger partial charge is 0.0465 e. The number of allylic oxidation sites excluding steroid dienone is 14. The van der Waals surface area contributed by atoms with Crippen LogP contribution in [0.4, 0.5) is 17.1 Å². The average Bonchev–Trinajstić information content (AvgIpc) is 3.40. The molecule has 278 valence electrons. The molecule has 3 aliphatic carbocycles. The van der Waals surface area contributed by atoms with Crippen molar-refractivity contribution in [3.63, 3.8) is 0 Å². The molecule has 0 spiro atoms. The lowest BCUT2D eigenvalue weighted by atomic mass is 9.76. The monoisotopic (exact) mass is 719 g/mol. The molecule has 7 rings (SSSR count). The van der Waals surface area contributed by atoms with Gasteiger partial charge in [0, 0.05) is 27.9 Å². The van der Waals surface area contributed by atoms with Crippen molar-refractivity contribution < 1.29 is 0 Å². The van der Waals surface area contributed by atoms with Crippen LogP contribution in [0.2, 0.25) is 0 Å². The second-order valence-electron chi connectivity index (χ2n) is 16.7. The molecule has 0 saturated carbocycles. The molecule has 0 radical (unpaired) electrons. The Hall–Kier alpha value is -5.40. The van der Waals surface area contributed by atoms with Crippen molar-refractivity contribution in [2.75, 3.05) is 4.90 Å². The first-order valence-electron chi connectivity index (χ1n) is 20.1. The second kappa shape index (κ2) is 15.0. The Bertz CT molecular complexity index is 2530. The molecule has 1 nitrogen and oxygen atoms in total. The molecule has 0 fully saturated rings. The fourth-order valence-electron chi connectivity index (χ4n) is 8.43. The van der Waals surface area contributed by atoms with Gasteiger partial charge < -0.3 is 4.90 Å². The highest BCUT2D eigenvalue weighted by atomic mass is 15.1. The summed E-state index contributed by atoms with van der Waals surface area (Å²) in [6.45, 7) is 22.8. The maximum absolute atomic E-state index is 2.46. The minimum atomic E-state index is -0.220. The number of nitrogens with zero attached hydrogens (tertiary/aromatic N) is 1. The topological polar surface area (TPSA) is 3.24 Å². The van der Waals surface area contributed by atoms with Crippen molar-refractivity contribution in [1.29, 1.82) is 0 Å². The van der Waals surface area contributed by atoms with Crippen LogP contribution in [0, 0.1) is 19.3 Å². The lowest BCUT2D eigenvalue weighted by Gasteiger charge is -2.29. The highest BCUT2D eigenvalue weighted by Crippen LogP contribution is 2.50. The highest BCUT2D eigenvalue weighted by molar-refractivity contribution is 5.86. The molecule has 0 heterocycles. The third-order valence-corrected chi connectivity index (χ3v) is 12.5. The summed E-state index contributed by atoms with van der Waals surface area (Å²) in [5, 5.41) is 2.49. The average molecular weight is 720 g/mol. The summed E-state index contributed by atoms with van der Waals surface area (Å²) in [6, 6.07) is 26.0. The van der Waals surface area contributed by atoms with E-state index < -0.39 is 0 Å². The largest absolute Gasteiger partial charge is 0.310 e. The van der Waals surface area contributed by atoms with Gasteiger partial charge in [0.1, 0.15) is 0 Å². The highest BCUT2D eigenvalue weighted by Gasteiger charge is 2.36. The number of anilines is 3. The van der Waals surface area contributed by atoms with Gasteiger partial charge in [0.2, 0.25) is 0 Å². The van der Waals surface area contributed by atoms with Gasteiger partial charge in [-0.2, -0.15) is 0 Å². The predicted octanol–water partition coefficient (Wildman–Crippen LogP) is 13.2. The first kappa shape index (κ1) is 37.9. The third kappa shape index (κ3) is 7.14. The van der Waals surface area contributed by atoms with Gasteiger partial charge in [-0.25, -0.2) is 0 Å². The molecular weight excluding hydrogens is 663 g/mol. The van der Waals surface area contributed by atoms with Crippen molar-refractivity contribution in [2.45, 2.75) is 87.5 Å². The Morgan fingerprint density at radius 1 is 0.473 bits per heavy atom. The standard InChI is InChI=1S/C54H57N/c1-11-40-25-27-47(32-41(40)12-2)55(46-26-24-38(5)39(6)30-46)48-28-29-49-50-33-43-31-45-22-16-14-19-37(4)36(3)18-13-15-21-44(53(45,7)8)23-17-20-42(43)34-51(50)54(9,10)52(49)35-48/h13-35H,11-12H2,1-10H3. The van der Waals surface area contributed by atoms with Crippen molar-refractivity contribution in [3.8, 4) is 11.1 Å². The first-order chi connectivity index (χ1) is 26.3. The number of hydrogen-bond donors (Lipinski definition) is 0. The van der Waals surface area contributed by atoms with E-state index >= 15 is 0 Å². The quantitative estimate of drug-likeness (QED) is 0.198. The van der Waals surface area contributed by atoms with E-state index in [1.54, 1.807) is 0 Å². The van der Waals surface area contributed by atoms with Crippen LogP contribution in [0.1, 0.15) is 88.8 Å². The van der Waals surface area contributed by atoms with Crippen LogP contribution in [-0.2, 0) is 18.3 Å². The van der Waals surface area contributed by atoms with Gasteiger partial charge in [0.05, 0.1) is 0 Å². The summed E-state index contributed by atoms with van der Waals surface area (Å²) >= 11 is 0. The lowest BCUT2D eigenvalue weighted by Crippen LogP contribution is -2.28. The van der Waals surface area contributed by atoms with E-state index in [0.29, 0.717) is 0 Å². The van der Waals surface area contributed by atoms with Crippen molar-refractivity contribution >= 4 is 29.2 Å². The van der Waals surface area contributed by atoms with E-state index in [1.807, 2.05) is 0 Å². The molecule has 2 bridgehead atoms. The SMILES string of the molecule is CCc1ccc(N(c2ccc(C)c(C)c2)c2ccc3c(c2)C(C)(C)c2cc4c(cc2-3)=CC2=CC=CC=C(C)C(C)=CC=CC=C(C=CC=4)C2(C)C)cc1CC. The summed E-state index contributed by atoms with van der Waals surface area (Å²) in [5.74, 6) is 0. The van der Waals surface area contributed by atoms with Crippen molar-refractivity contribution in [1.82, 2.24) is 0 Å². The molecule has 3 aliphatic rings. The van der Waals surface area contributed by atoms with Crippen molar-refractivity contribution in [2.24, 2.45) is 5.41 Å². The van der Waals surface area contributed by atoms with Gasteiger partial charge in [0.25, 0.3) is 0 Å². The Balaban J connectivity index is 1.40. The molecule has 4 aromatic rings. The third-order valence-electron chi connectivity index (χ3n) is 12.5. The minimum absolute atomic E-state index is 0.179. The molecule has 0 aliphatic heterocycles. The summed E-state index contributed by atoms with van der Waals surface area (Å²) in [6.07, 6.45) is 29.0. The zero-order valence-electron chi connectivity index (χ0n) is 34.6. The summed E-state index contributed by atoms with van der Waals surface area (Å²) in [7, 11) is 0. The van der Waals surface area contributed by atoms with E-state index in [9.17, 15) is 0 Å². The number of fused-ring (bicyclic) bond motifs is 6. The van der Waals surface area contributed by atoms with Crippen LogP contribution >= 0.6 is 0 Å². The Morgan fingerprint density at radius 3 is 1.76 bits per heavy atom. The Kier molecular flexibility index (Phi) is 10.4. The molecule has 4 aromatic carbocycles. The minimum Gasteiger partial charge on any atom is -0.310 e. The van der Waals surface area contributed by atoms with Crippen LogP contribution in [-0.4, -0.2) is 0 Å². The molecular formula is C54H57N. The molecule has 55 heavy (non-hydrogen) atoms. The maximum atomic E-state index is 2.46. The van der Waals surface area contributed by atoms with E-state index in [4.69, 9.17) is 0 Å². The number of aryl methyl sites for hydroxylation is 4. The van der Waals surface area contributed by atoms with E-state index in [2.05, 4.69) is 214 Å². The Labute approximate surface area is 330 Å². The second-order valence-corrected chi connectivity index (χ2v) is 16.7. The zero-order chi connectivity index (χ0) is 39.1. The predicted molar refractivity (Wildman–Crippen MR) is 240 cm³/mol. The number of hydrogen-bond acceptors (Lipinski definition) is 1. The van der Waals surface area contributed by atoms with Gasteiger partial charge in [-0.1, -0.05) is 133 Å². The van der Waals surface area contributed by atoms with Crippen LogP contribution in [0.15, 0.2) is 150 Å². The Morgan fingerprint density at radius 2 is 1.07 bits per heavy atom. The first-order valence-corrected chi connectivity index (χ1v) is 20.1. The zero-order valence-corrected chi connectivity index (χ0v) is 34.6. The summed E-state index contributed by atoms with van der Waals surface area (Å²) in [4.78, 5) is 2.46. The molecule has 0 atom stereocenters. The van der Waals surface area contributed by atoms with Gasteiger partial charge in [0.15, 0.2) is 0 Å². The summed E-state index contributed by atoms with van der Waals surface area (Å²) in [5.41, 5.74) is 19.1. The number of rotatable bonds is 5. The molecule has 1 heteroatoms. The molecule has 0 amide bonds. The molecule has 0 aromatic heterocycles. The van der Waals surface area contributed by atoms with E-state index in [0.717, 1.165) is 12.8 Å². The van der Waals surface area contributed by atoms with E-state index in [1.165, 1.54) is 94.3 Å². The van der Waals surface area contributed by atoms with Crippen LogP contribution in [0.5, 0.6) is 0 Å². The maximum Gasteiger partial charge on any atom is 0.0465 e. The lowest BCUT2D eigenvalue weighted by molar-refractivity contribution is 0.573. The van der Waals surface area contributed by atoms with Crippen molar-refractivity contribution in [3.05, 3.63) is 194 Å². The molecule has 0 saturated heterocycles.